The molecular formula is C13H15ClN2O6S. The molecule has 1 heterocycles. The summed E-state index contributed by atoms with van der Waals surface area (Å²) < 4.78 is 31.1. The number of ether oxygens (including phenoxy) is 1. The number of piperidine rings is 1. The van der Waals surface area contributed by atoms with Crippen molar-refractivity contribution in [1.82, 2.24) is 4.31 Å². The molecule has 8 nitrogen and oxygen atoms in total. The maximum Gasteiger partial charge on any atom is 0.308 e. The Morgan fingerprint density at radius 3 is 2.52 bits per heavy atom. The highest BCUT2D eigenvalue weighted by Crippen LogP contribution is 2.31. The number of hydrogen-bond acceptors (Lipinski definition) is 6. The second-order valence-corrected chi connectivity index (χ2v) is 7.39. The molecule has 0 N–H and O–H groups in total. The monoisotopic (exact) mass is 362 g/mol. The van der Waals surface area contributed by atoms with Crippen LogP contribution in [0.4, 0.5) is 5.69 Å². The fourth-order valence-corrected chi connectivity index (χ4v) is 4.40. The zero-order valence-electron chi connectivity index (χ0n) is 12.3. The standard InChI is InChI=1S/C13H15ClN2O6S/c1-22-13(17)9-4-6-15(7-5-9)23(20,21)12-8-10(16(18)19)2-3-11(12)14/h2-3,8-9H,4-7H2,1H3. The summed E-state index contributed by atoms with van der Waals surface area (Å²) in [6.07, 6.45) is 0.664. The summed E-state index contributed by atoms with van der Waals surface area (Å²) in [5, 5.41) is 10.7. The third-order valence-electron chi connectivity index (χ3n) is 3.73. The van der Waals surface area contributed by atoms with E-state index in [1.54, 1.807) is 0 Å². The molecule has 0 aliphatic carbocycles. The van der Waals surface area contributed by atoms with Crippen molar-refractivity contribution in [3.8, 4) is 0 Å². The predicted octanol–water partition coefficient (Wildman–Crippen LogP) is 1.82. The van der Waals surface area contributed by atoms with Gasteiger partial charge < -0.3 is 4.74 Å². The quantitative estimate of drug-likeness (QED) is 0.459. The molecule has 0 amide bonds. The number of esters is 1. The van der Waals surface area contributed by atoms with E-state index in [2.05, 4.69) is 4.74 Å². The first-order valence-electron chi connectivity index (χ1n) is 6.79. The van der Waals surface area contributed by atoms with Gasteiger partial charge in [0, 0.05) is 25.2 Å². The van der Waals surface area contributed by atoms with Gasteiger partial charge in [0.05, 0.1) is 23.0 Å². The first kappa shape index (κ1) is 17.6. The van der Waals surface area contributed by atoms with E-state index in [4.69, 9.17) is 11.6 Å². The van der Waals surface area contributed by atoms with Crippen LogP contribution in [0.1, 0.15) is 12.8 Å². The lowest BCUT2D eigenvalue weighted by Crippen LogP contribution is -2.40. The molecule has 1 aliphatic heterocycles. The van der Waals surface area contributed by atoms with Gasteiger partial charge >= 0.3 is 5.97 Å². The highest BCUT2D eigenvalue weighted by atomic mass is 35.5. The topological polar surface area (TPSA) is 107 Å². The van der Waals surface area contributed by atoms with Crippen LogP contribution < -0.4 is 0 Å². The maximum absolute atomic E-state index is 12.6. The molecule has 1 aliphatic rings. The van der Waals surface area contributed by atoms with E-state index >= 15 is 0 Å². The number of halogens is 1. The SMILES string of the molecule is COC(=O)C1CCN(S(=O)(=O)c2cc([N+](=O)[O-])ccc2Cl)CC1. The molecule has 1 aromatic carbocycles. The van der Waals surface area contributed by atoms with Gasteiger partial charge in [0.25, 0.3) is 5.69 Å². The van der Waals surface area contributed by atoms with E-state index in [-0.39, 0.29) is 40.6 Å². The van der Waals surface area contributed by atoms with Gasteiger partial charge in [0.1, 0.15) is 4.90 Å². The summed E-state index contributed by atoms with van der Waals surface area (Å²) in [6, 6.07) is 3.28. The van der Waals surface area contributed by atoms with Gasteiger partial charge in [-0.3, -0.25) is 14.9 Å². The summed E-state index contributed by atoms with van der Waals surface area (Å²) in [5.41, 5.74) is -0.350. The lowest BCUT2D eigenvalue weighted by Gasteiger charge is -2.30. The predicted molar refractivity (Wildman–Crippen MR) is 81.6 cm³/mol. The van der Waals surface area contributed by atoms with E-state index in [0.717, 1.165) is 12.1 Å². The Bertz CT molecular complexity index is 728. The summed E-state index contributed by atoms with van der Waals surface area (Å²) >= 11 is 5.90. The summed E-state index contributed by atoms with van der Waals surface area (Å²) in [7, 11) is -2.67. The van der Waals surface area contributed by atoms with Crippen LogP contribution in [0.25, 0.3) is 0 Å². The van der Waals surface area contributed by atoms with Crippen LogP contribution >= 0.6 is 11.6 Å². The molecule has 0 unspecified atom stereocenters. The highest BCUT2D eigenvalue weighted by Gasteiger charge is 2.34. The number of methoxy groups -OCH3 is 1. The van der Waals surface area contributed by atoms with Crippen molar-refractivity contribution in [2.24, 2.45) is 5.92 Å². The van der Waals surface area contributed by atoms with Crippen LogP contribution in [0.3, 0.4) is 0 Å². The molecule has 0 aromatic heterocycles. The molecule has 1 saturated heterocycles. The van der Waals surface area contributed by atoms with Crippen LogP contribution in [0.5, 0.6) is 0 Å². The third kappa shape index (κ3) is 3.62. The number of nitrogens with zero attached hydrogens (tertiary/aromatic N) is 2. The molecule has 1 fully saturated rings. The van der Waals surface area contributed by atoms with Crippen LogP contribution in [-0.2, 0) is 19.6 Å². The summed E-state index contributed by atoms with van der Waals surface area (Å²) in [4.78, 5) is 21.3. The molecule has 23 heavy (non-hydrogen) atoms. The van der Waals surface area contributed by atoms with Crippen LogP contribution in [0, 0.1) is 16.0 Å². The summed E-state index contributed by atoms with van der Waals surface area (Å²) in [6.45, 7) is 0.252. The zero-order chi connectivity index (χ0) is 17.2. The minimum Gasteiger partial charge on any atom is -0.469 e. The lowest BCUT2D eigenvalue weighted by atomic mass is 9.99. The van der Waals surface area contributed by atoms with Gasteiger partial charge in [-0.1, -0.05) is 11.6 Å². The number of carbonyl (C=O) groups excluding carboxylic acids is 1. The van der Waals surface area contributed by atoms with Crippen LogP contribution in [0.2, 0.25) is 5.02 Å². The van der Waals surface area contributed by atoms with Gasteiger partial charge in [-0.25, -0.2) is 8.42 Å². The van der Waals surface area contributed by atoms with E-state index in [0.29, 0.717) is 12.8 Å². The lowest BCUT2D eigenvalue weighted by molar-refractivity contribution is -0.385. The van der Waals surface area contributed by atoms with Crippen molar-refractivity contribution < 1.29 is 22.9 Å². The number of nitro groups is 1. The Morgan fingerprint density at radius 1 is 1.39 bits per heavy atom. The van der Waals surface area contributed by atoms with Gasteiger partial charge in [0.2, 0.25) is 10.0 Å². The fraction of sp³-hybridized carbons (Fsp3) is 0.462. The molecule has 0 saturated carbocycles. The Balaban J connectivity index is 2.25. The second kappa shape index (κ2) is 6.81. The number of non-ortho nitro benzene ring substituents is 1. The van der Waals surface area contributed by atoms with Crippen molar-refractivity contribution in [2.45, 2.75) is 17.7 Å². The zero-order valence-corrected chi connectivity index (χ0v) is 13.8. The van der Waals surface area contributed by atoms with E-state index < -0.39 is 14.9 Å². The van der Waals surface area contributed by atoms with Gasteiger partial charge in [-0.2, -0.15) is 4.31 Å². The van der Waals surface area contributed by atoms with E-state index in [9.17, 15) is 23.3 Å². The number of benzene rings is 1. The van der Waals surface area contributed by atoms with E-state index in [1.165, 1.54) is 17.5 Å². The molecule has 126 valence electrons. The molecular weight excluding hydrogens is 348 g/mol. The number of nitro benzene ring substituents is 1. The number of rotatable bonds is 4. The number of carbonyl (C=O) groups is 1. The average molecular weight is 363 g/mol. The molecule has 0 bridgehead atoms. The van der Waals surface area contributed by atoms with Crippen molar-refractivity contribution in [1.29, 1.82) is 0 Å². The Morgan fingerprint density at radius 2 is 2.00 bits per heavy atom. The van der Waals surface area contributed by atoms with Crippen LogP contribution in [-0.4, -0.2) is 43.8 Å². The fourth-order valence-electron chi connectivity index (χ4n) is 2.44. The molecule has 1 aromatic rings. The number of sulfonamides is 1. The minimum atomic E-state index is -3.96. The molecule has 0 radical (unpaired) electrons. The van der Waals surface area contributed by atoms with Crippen molar-refractivity contribution in [3.05, 3.63) is 33.3 Å². The first-order chi connectivity index (χ1) is 10.8. The van der Waals surface area contributed by atoms with Crippen molar-refractivity contribution in [2.75, 3.05) is 20.2 Å². The minimum absolute atomic E-state index is 0.0781. The average Bonchev–Trinajstić information content (AvgIpc) is 2.54. The van der Waals surface area contributed by atoms with E-state index in [1.807, 2.05) is 0 Å². The molecule has 0 atom stereocenters. The van der Waals surface area contributed by atoms with Gasteiger partial charge in [-0.05, 0) is 18.9 Å². The van der Waals surface area contributed by atoms with Gasteiger partial charge in [-0.15, -0.1) is 0 Å². The Kier molecular flexibility index (Phi) is 5.23. The van der Waals surface area contributed by atoms with Crippen LogP contribution in [0.15, 0.2) is 23.1 Å². The normalized spacial score (nSPS) is 17.0. The Hall–Kier alpha value is -1.71. The molecule has 10 heteroatoms. The highest BCUT2D eigenvalue weighted by molar-refractivity contribution is 7.89. The maximum atomic E-state index is 12.6. The Labute approximate surface area is 138 Å². The first-order valence-corrected chi connectivity index (χ1v) is 8.61. The molecule has 0 spiro atoms. The smallest absolute Gasteiger partial charge is 0.308 e. The van der Waals surface area contributed by atoms with Gasteiger partial charge in [0.15, 0.2) is 0 Å². The largest absolute Gasteiger partial charge is 0.469 e. The molecule has 2 rings (SSSR count). The summed E-state index contributed by atoms with van der Waals surface area (Å²) in [5.74, 6) is -0.706. The second-order valence-electron chi connectivity index (χ2n) is 5.07. The van der Waals surface area contributed by atoms with Crippen molar-refractivity contribution in [3.63, 3.8) is 0 Å². The number of hydrogen-bond donors (Lipinski definition) is 0. The third-order valence-corrected chi connectivity index (χ3v) is 6.11. The van der Waals surface area contributed by atoms with Crippen molar-refractivity contribution >= 4 is 33.3 Å².